The lowest BCUT2D eigenvalue weighted by molar-refractivity contribution is -0.156. The molecule has 2 aromatic carbocycles. The fourth-order valence-electron chi connectivity index (χ4n) is 6.81. The van der Waals surface area contributed by atoms with Crippen LogP contribution in [-0.2, 0) is 25.5 Å². The molecule has 3 aliphatic carbocycles. The summed E-state index contributed by atoms with van der Waals surface area (Å²) in [7, 11) is 1.54. The molecule has 3 fully saturated rings. The van der Waals surface area contributed by atoms with Crippen LogP contribution in [0, 0.1) is 11.8 Å². The molecule has 0 bridgehead atoms. The number of hydrogen-bond donors (Lipinski definition) is 1. The highest BCUT2D eigenvalue weighted by Gasteiger charge is 2.29. The molecule has 0 heterocycles. The average molecular weight is 576 g/mol. The lowest BCUT2D eigenvalue weighted by Crippen LogP contribution is -2.28. The van der Waals surface area contributed by atoms with Crippen LogP contribution in [0.25, 0.3) is 0 Å². The first-order valence-corrected chi connectivity index (χ1v) is 16.0. The minimum atomic E-state index is -0.202. The molecule has 7 nitrogen and oxygen atoms in total. The van der Waals surface area contributed by atoms with Crippen LogP contribution in [0.15, 0.2) is 42.5 Å². The van der Waals surface area contributed by atoms with E-state index in [0.717, 1.165) is 88.3 Å². The minimum absolute atomic E-state index is 0.00980. The second-order valence-corrected chi connectivity index (χ2v) is 12.3. The maximum atomic E-state index is 12.9. The maximum absolute atomic E-state index is 12.9. The second-order valence-electron chi connectivity index (χ2n) is 12.3. The Kier molecular flexibility index (Phi) is 10.5. The van der Waals surface area contributed by atoms with Crippen LogP contribution >= 0.6 is 0 Å². The fourth-order valence-corrected chi connectivity index (χ4v) is 6.81. The first-order valence-electron chi connectivity index (χ1n) is 16.0. The van der Waals surface area contributed by atoms with Crippen molar-refractivity contribution in [3.63, 3.8) is 0 Å². The fraction of sp³-hybridized carbons (Fsp3) is 0.571. The summed E-state index contributed by atoms with van der Waals surface area (Å²) < 4.78 is 17.0. The molecule has 2 aromatic rings. The molecule has 1 amide bonds. The van der Waals surface area contributed by atoms with Gasteiger partial charge in [-0.05, 0) is 92.7 Å². The molecule has 0 aromatic heterocycles. The molecule has 1 N–H and O–H groups in total. The normalized spacial score (nSPS) is 21.7. The Bertz CT molecular complexity index is 1220. The van der Waals surface area contributed by atoms with Gasteiger partial charge in [0.25, 0.3) is 0 Å². The van der Waals surface area contributed by atoms with Gasteiger partial charge in [0.15, 0.2) is 11.5 Å². The predicted molar refractivity (Wildman–Crippen MR) is 162 cm³/mol. The quantitative estimate of drug-likeness (QED) is 0.246. The smallest absolute Gasteiger partial charge is 0.314 e. The van der Waals surface area contributed by atoms with Gasteiger partial charge in [0.2, 0.25) is 5.91 Å². The van der Waals surface area contributed by atoms with Gasteiger partial charge in [0.05, 0.1) is 25.4 Å². The van der Waals surface area contributed by atoms with Crippen molar-refractivity contribution in [3.8, 4) is 11.5 Å². The van der Waals surface area contributed by atoms with E-state index in [1.165, 1.54) is 25.5 Å². The Morgan fingerprint density at radius 2 is 1.40 bits per heavy atom. The average Bonchev–Trinajstić information content (AvgIpc) is 3.03. The molecule has 0 unspecified atom stereocenters. The highest BCUT2D eigenvalue weighted by molar-refractivity contribution is 5.92. The number of carbonyl (C=O) groups is 3. The largest absolute Gasteiger partial charge is 0.493 e. The molecular weight excluding hydrogens is 530 g/mol. The highest BCUT2D eigenvalue weighted by atomic mass is 16.6. The van der Waals surface area contributed by atoms with E-state index in [1.54, 1.807) is 12.1 Å². The van der Waals surface area contributed by atoms with Gasteiger partial charge in [0.1, 0.15) is 6.10 Å². The number of benzene rings is 2. The van der Waals surface area contributed by atoms with E-state index in [4.69, 9.17) is 14.2 Å². The second kappa shape index (κ2) is 14.7. The highest BCUT2D eigenvalue weighted by Crippen LogP contribution is 2.36. The first kappa shape index (κ1) is 30.1. The number of rotatable bonds is 9. The summed E-state index contributed by atoms with van der Waals surface area (Å²) in [5.41, 5.74) is 2.75. The molecule has 0 atom stereocenters. The number of ether oxygens (including phenoxy) is 3. The molecule has 0 aliphatic heterocycles. The molecule has 0 radical (unpaired) electrons. The van der Waals surface area contributed by atoms with Crippen LogP contribution in [-0.4, -0.2) is 31.1 Å². The SMILES string of the molecule is COc1cc(CC(=O)Nc2cccc(C3CCC(OC(=O)C4CCCCC4)CC3)c2)ccc1OC(=O)C1CCCCC1. The Morgan fingerprint density at radius 1 is 0.738 bits per heavy atom. The standard InChI is InChI=1S/C35H45NO6/c1-40-32-21-24(15-20-31(32)42-35(39)27-11-6-3-7-12-27)22-33(37)36-29-14-8-13-28(23-29)25-16-18-30(19-17-25)41-34(38)26-9-4-2-5-10-26/h8,13-15,20-21,23,25-27,30H,2-7,9-12,16-19,22H2,1H3,(H,36,37). The van der Waals surface area contributed by atoms with Crippen LogP contribution in [0.5, 0.6) is 11.5 Å². The summed E-state index contributed by atoms with van der Waals surface area (Å²) in [6.45, 7) is 0. The van der Waals surface area contributed by atoms with Crippen molar-refractivity contribution < 1.29 is 28.6 Å². The van der Waals surface area contributed by atoms with E-state index in [1.807, 2.05) is 18.2 Å². The number of nitrogens with one attached hydrogen (secondary N) is 1. The zero-order valence-corrected chi connectivity index (χ0v) is 24.9. The van der Waals surface area contributed by atoms with Crippen molar-refractivity contribution in [1.82, 2.24) is 0 Å². The third-order valence-electron chi connectivity index (χ3n) is 9.28. The number of hydrogen-bond acceptors (Lipinski definition) is 6. The van der Waals surface area contributed by atoms with Crippen LogP contribution in [0.1, 0.15) is 107 Å². The van der Waals surface area contributed by atoms with E-state index in [9.17, 15) is 14.4 Å². The Balaban J connectivity index is 1.11. The summed E-state index contributed by atoms with van der Waals surface area (Å²) in [5.74, 6) is 0.958. The Hall–Kier alpha value is -3.35. The van der Waals surface area contributed by atoms with E-state index < -0.39 is 0 Å². The van der Waals surface area contributed by atoms with Gasteiger partial charge < -0.3 is 19.5 Å². The molecule has 3 aliphatic rings. The van der Waals surface area contributed by atoms with E-state index >= 15 is 0 Å². The summed E-state index contributed by atoms with van der Waals surface area (Å²) in [4.78, 5) is 38.1. The third kappa shape index (κ3) is 8.14. The molecule has 5 rings (SSSR count). The lowest BCUT2D eigenvalue weighted by atomic mass is 9.82. The van der Waals surface area contributed by atoms with Crippen molar-refractivity contribution in [2.75, 3.05) is 12.4 Å². The number of carbonyl (C=O) groups excluding carboxylic acids is 3. The molecule has 0 saturated heterocycles. The van der Waals surface area contributed by atoms with Gasteiger partial charge in [-0.1, -0.05) is 56.7 Å². The molecule has 0 spiro atoms. The van der Waals surface area contributed by atoms with Gasteiger partial charge in [-0.25, -0.2) is 0 Å². The molecule has 42 heavy (non-hydrogen) atoms. The van der Waals surface area contributed by atoms with Crippen LogP contribution in [0.3, 0.4) is 0 Å². The van der Waals surface area contributed by atoms with Crippen molar-refractivity contribution in [3.05, 3.63) is 53.6 Å². The van der Waals surface area contributed by atoms with Crippen molar-refractivity contribution in [2.45, 2.75) is 108 Å². The zero-order valence-electron chi connectivity index (χ0n) is 24.9. The molecule has 226 valence electrons. The monoisotopic (exact) mass is 575 g/mol. The topological polar surface area (TPSA) is 90.9 Å². The minimum Gasteiger partial charge on any atom is -0.493 e. The molecular formula is C35H45NO6. The Morgan fingerprint density at radius 3 is 2.07 bits per heavy atom. The van der Waals surface area contributed by atoms with Gasteiger partial charge in [0, 0.05) is 5.69 Å². The van der Waals surface area contributed by atoms with E-state index in [-0.39, 0.29) is 42.2 Å². The summed E-state index contributed by atoms with van der Waals surface area (Å²) >= 11 is 0. The van der Waals surface area contributed by atoms with Gasteiger partial charge >= 0.3 is 11.9 Å². The van der Waals surface area contributed by atoms with Crippen molar-refractivity contribution in [1.29, 1.82) is 0 Å². The van der Waals surface area contributed by atoms with E-state index in [0.29, 0.717) is 17.4 Å². The Labute approximate surface area is 249 Å². The summed E-state index contributed by atoms with van der Waals surface area (Å²) in [6, 6.07) is 13.4. The van der Waals surface area contributed by atoms with Crippen molar-refractivity contribution >= 4 is 23.5 Å². The van der Waals surface area contributed by atoms with Gasteiger partial charge in [-0.3, -0.25) is 14.4 Å². The van der Waals surface area contributed by atoms with Crippen LogP contribution in [0.4, 0.5) is 5.69 Å². The number of anilines is 1. The van der Waals surface area contributed by atoms with E-state index in [2.05, 4.69) is 17.4 Å². The zero-order chi connectivity index (χ0) is 29.3. The number of esters is 2. The molecule has 3 saturated carbocycles. The van der Waals surface area contributed by atoms with Gasteiger partial charge in [-0.15, -0.1) is 0 Å². The maximum Gasteiger partial charge on any atom is 0.314 e. The predicted octanol–water partition coefficient (Wildman–Crippen LogP) is 7.51. The summed E-state index contributed by atoms with van der Waals surface area (Å²) in [6.07, 6.45) is 14.4. The number of methoxy groups -OCH3 is 1. The van der Waals surface area contributed by atoms with Crippen molar-refractivity contribution in [2.24, 2.45) is 11.8 Å². The van der Waals surface area contributed by atoms with Gasteiger partial charge in [-0.2, -0.15) is 0 Å². The molecule has 7 heteroatoms. The summed E-state index contributed by atoms with van der Waals surface area (Å²) in [5, 5.41) is 3.03. The third-order valence-corrected chi connectivity index (χ3v) is 9.28. The number of amides is 1. The van der Waals surface area contributed by atoms with Crippen LogP contribution < -0.4 is 14.8 Å². The van der Waals surface area contributed by atoms with Crippen LogP contribution in [0.2, 0.25) is 0 Å². The first-order chi connectivity index (χ1) is 20.5. The lowest BCUT2D eigenvalue weighted by Gasteiger charge is -2.30.